The highest BCUT2D eigenvalue weighted by atomic mass is 79.9. The molecule has 2 bridgehead atoms. The summed E-state index contributed by atoms with van der Waals surface area (Å²) in [7, 11) is 0. The lowest BCUT2D eigenvalue weighted by atomic mass is 9.82. The molecule has 102 valence electrons. The predicted molar refractivity (Wildman–Crippen MR) is 73.9 cm³/mol. The Morgan fingerprint density at radius 1 is 1.58 bits per heavy atom. The Kier molecular flexibility index (Phi) is 3.37. The van der Waals surface area contributed by atoms with E-state index in [4.69, 9.17) is 9.84 Å². The number of carboxylic acid groups (broad SMARTS) is 1. The highest BCUT2D eigenvalue weighted by Gasteiger charge is 2.53. The van der Waals surface area contributed by atoms with Crippen LogP contribution in [0.3, 0.4) is 0 Å². The van der Waals surface area contributed by atoms with Gasteiger partial charge >= 0.3 is 5.97 Å². The van der Waals surface area contributed by atoms with Crippen LogP contribution in [0.4, 0.5) is 0 Å². The average Bonchev–Trinajstić information content (AvgIpc) is 2.97. The van der Waals surface area contributed by atoms with Crippen LogP contribution in [0.15, 0.2) is 28.7 Å². The smallest absolute Gasteiger partial charge is 0.329 e. The Bertz CT molecular complexity index is 507. The summed E-state index contributed by atoms with van der Waals surface area (Å²) in [6.45, 7) is 0.659. The third-order valence-corrected chi connectivity index (χ3v) is 4.69. The Balaban J connectivity index is 1.95. The summed E-state index contributed by atoms with van der Waals surface area (Å²) in [6, 6.07) is 8.47. The van der Waals surface area contributed by atoms with Crippen LogP contribution in [0.1, 0.15) is 18.4 Å². The van der Waals surface area contributed by atoms with E-state index in [0.29, 0.717) is 12.0 Å². The minimum absolute atomic E-state index is 0.240. The fraction of sp³-hybridized carbons (Fsp3) is 0.500. The molecule has 1 aromatic carbocycles. The van der Waals surface area contributed by atoms with Gasteiger partial charge in [-0.2, -0.15) is 0 Å². The van der Waals surface area contributed by atoms with Crippen molar-refractivity contribution < 1.29 is 14.6 Å². The topological polar surface area (TPSA) is 58.6 Å². The van der Waals surface area contributed by atoms with E-state index in [1.165, 1.54) is 0 Å². The zero-order valence-electron chi connectivity index (χ0n) is 10.4. The molecule has 1 heterocycles. The molecule has 0 spiro atoms. The van der Waals surface area contributed by atoms with E-state index < -0.39 is 11.6 Å². The SMILES string of the molecule is O=C(O)COC1(c2cccc(Br)c2)CC2CC1CN2. The molecule has 1 aromatic rings. The van der Waals surface area contributed by atoms with E-state index in [1.807, 2.05) is 24.3 Å². The molecule has 3 rings (SSSR count). The predicted octanol–water partition coefficient (Wildman–Crippen LogP) is 2.13. The molecular weight excluding hydrogens is 310 g/mol. The zero-order valence-corrected chi connectivity index (χ0v) is 12.0. The molecule has 2 N–H and O–H groups in total. The summed E-state index contributed by atoms with van der Waals surface area (Å²) in [6.07, 6.45) is 1.91. The van der Waals surface area contributed by atoms with E-state index >= 15 is 0 Å². The molecule has 1 saturated carbocycles. The highest BCUT2D eigenvalue weighted by Crippen LogP contribution is 2.49. The maximum absolute atomic E-state index is 10.9. The van der Waals surface area contributed by atoms with Gasteiger partial charge in [0.1, 0.15) is 6.61 Å². The van der Waals surface area contributed by atoms with Crippen molar-refractivity contribution in [1.29, 1.82) is 0 Å². The third kappa shape index (κ3) is 2.30. The molecule has 1 saturated heterocycles. The molecule has 0 radical (unpaired) electrons. The summed E-state index contributed by atoms with van der Waals surface area (Å²) in [5, 5.41) is 12.4. The van der Waals surface area contributed by atoms with Crippen molar-refractivity contribution in [2.45, 2.75) is 24.5 Å². The first-order chi connectivity index (χ1) is 9.10. The van der Waals surface area contributed by atoms with Crippen LogP contribution in [-0.4, -0.2) is 30.3 Å². The highest BCUT2D eigenvalue weighted by molar-refractivity contribution is 9.10. The molecule has 3 unspecified atom stereocenters. The second kappa shape index (κ2) is 4.89. The van der Waals surface area contributed by atoms with Gasteiger partial charge in [0, 0.05) is 23.0 Å². The maximum Gasteiger partial charge on any atom is 0.329 e. The Morgan fingerprint density at radius 2 is 2.42 bits per heavy atom. The lowest BCUT2D eigenvalue weighted by Crippen LogP contribution is -2.44. The van der Waals surface area contributed by atoms with E-state index in [0.717, 1.165) is 29.4 Å². The van der Waals surface area contributed by atoms with Gasteiger partial charge in [-0.05, 0) is 30.5 Å². The summed E-state index contributed by atoms with van der Waals surface area (Å²) in [5.74, 6) is -0.559. The fourth-order valence-corrected chi connectivity index (χ4v) is 3.82. The summed E-state index contributed by atoms with van der Waals surface area (Å²) in [4.78, 5) is 10.9. The molecular formula is C14H16BrNO3. The van der Waals surface area contributed by atoms with Crippen LogP contribution < -0.4 is 5.32 Å². The number of carboxylic acids is 1. The zero-order chi connectivity index (χ0) is 13.5. The monoisotopic (exact) mass is 325 g/mol. The molecule has 1 aliphatic carbocycles. The summed E-state index contributed by atoms with van der Waals surface area (Å²) < 4.78 is 6.87. The molecule has 1 aliphatic heterocycles. The van der Waals surface area contributed by atoms with Gasteiger partial charge in [0.15, 0.2) is 0 Å². The van der Waals surface area contributed by atoms with Gasteiger partial charge in [-0.3, -0.25) is 0 Å². The first kappa shape index (κ1) is 13.1. The van der Waals surface area contributed by atoms with Gasteiger partial charge in [0.25, 0.3) is 0 Å². The molecule has 2 fully saturated rings. The van der Waals surface area contributed by atoms with Crippen LogP contribution in [0.2, 0.25) is 0 Å². The Hall–Kier alpha value is -0.910. The van der Waals surface area contributed by atoms with E-state index in [2.05, 4.69) is 21.2 Å². The number of hydrogen-bond acceptors (Lipinski definition) is 3. The average molecular weight is 326 g/mol. The number of aliphatic carboxylic acids is 1. The van der Waals surface area contributed by atoms with Crippen LogP contribution in [0.5, 0.6) is 0 Å². The van der Waals surface area contributed by atoms with Gasteiger partial charge in [0.2, 0.25) is 0 Å². The van der Waals surface area contributed by atoms with Crippen LogP contribution >= 0.6 is 15.9 Å². The normalized spacial score (nSPS) is 32.7. The fourth-order valence-electron chi connectivity index (χ4n) is 3.42. The van der Waals surface area contributed by atoms with Crippen LogP contribution in [0, 0.1) is 5.92 Å². The van der Waals surface area contributed by atoms with Gasteiger partial charge in [0.05, 0.1) is 5.60 Å². The van der Waals surface area contributed by atoms with E-state index in [1.54, 1.807) is 0 Å². The molecule has 3 atom stereocenters. The Labute approximate surface area is 120 Å². The number of nitrogens with one attached hydrogen (secondary N) is 1. The quantitative estimate of drug-likeness (QED) is 0.890. The standard InChI is InChI=1S/C14H16BrNO3/c15-11-3-1-2-9(4-11)14(19-8-13(17)18)6-12-5-10(14)7-16-12/h1-4,10,12,16H,5-8H2,(H,17,18). The lowest BCUT2D eigenvalue weighted by molar-refractivity contribution is -0.155. The molecule has 4 nitrogen and oxygen atoms in total. The van der Waals surface area contributed by atoms with Crippen molar-refractivity contribution >= 4 is 21.9 Å². The largest absolute Gasteiger partial charge is 0.480 e. The van der Waals surface area contributed by atoms with Gasteiger partial charge in [-0.1, -0.05) is 28.1 Å². The van der Waals surface area contributed by atoms with Gasteiger partial charge in [-0.25, -0.2) is 4.79 Å². The van der Waals surface area contributed by atoms with Crippen LogP contribution in [-0.2, 0) is 15.1 Å². The summed E-state index contributed by atoms with van der Waals surface area (Å²) >= 11 is 3.48. The van der Waals surface area contributed by atoms with Crippen molar-refractivity contribution in [3.05, 3.63) is 34.3 Å². The number of halogens is 1. The third-order valence-electron chi connectivity index (χ3n) is 4.20. The summed E-state index contributed by atoms with van der Waals surface area (Å²) in [5.41, 5.74) is 0.634. The van der Waals surface area contributed by atoms with Crippen molar-refractivity contribution in [1.82, 2.24) is 5.32 Å². The molecule has 0 aromatic heterocycles. The minimum atomic E-state index is -0.912. The number of benzene rings is 1. The number of carbonyl (C=O) groups is 1. The van der Waals surface area contributed by atoms with Crippen molar-refractivity contribution in [3.63, 3.8) is 0 Å². The number of hydrogen-bond donors (Lipinski definition) is 2. The van der Waals surface area contributed by atoms with Crippen molar-refractivity contribution in [3.8, 4) is 0 Å². The number of rotatable bonds is 4. The van der Waals surface area contributed by atoms with Crippen molar-refractivity contribution in [2.24, 2.45) is 5.92 Å². The van der Waals surface area contributed by atoms with Crippen molar-refractivity contribution in [2.75, 3.05) is 13.2 Å². The second-order valence-electron chi connectivity index (χ2n) is 5.32. The van der Waals surface area contributed by atoms with Gasteiger partial charge < -0.3 is 15.2 Å². The number of fused-ring (bicyclic) bond motifs is 2. The van der Waals surface area contributed by atoms with E-state index in [-0.39, 0.29) is 6.61 Å². The van der Waals surface area contributed by atoms with E-state index in [9.17, 15) is 4.79 Å². The molecule has 19 heavy (non-hydrogen) atoms. The first-order valence-corrected chi connectivity index (χ1v) is 7.24. The molecule has 5 heteroatoms. The number of ether oxygens (including phenoxy) is 1. The first-order valence-electron chi connectivity index (χ1n) is 6.45. The second-order valence-corrected chi connectivity index (χ2v) is 6.24. The maximum atomic E-state index is 10.9. The molecule has 0 amide bonds. The minimum Gasteiger partial charge on any atom is -0.480 e. The molecule has 2 aliphatic rings. The van der Waals surface area contributed by atoms with Gasteiger partial charge in [-0.15, -0.1) is 0 Å². The van der Waals surface area contributed by atoms with Crippen LogP contribution in [0.25, 0.3) is 0 Å². The Morgan fingerprint density at radius 3 is 3.00 bits per heavy atom. The number of piperidine rings is 1. The lowest BCUT2D eigenvalue weighted by Gasteiger charge is -2.38.